The summed E-state index contributed by atoms with van der Waals surface area (Å²) < 4.78 is 33.4. The van der Waals surface area contributed by atoms with E-state index in [2.05, 4.69) is 10.1 Å². The lowest BCUT2D eigenvalue weighted by Gasteiger charge is -2.18. The number of hydrogen-bond acceptors (Lipinski definition) is 4. The molecule has 0 saturated heterocycles. The van der Waals surface area contributed by atoms with E-state index in [9.17, 15) is 13.6 Å². The monoisotopic (exact) mass is 349 g/mol. The molecule has 0 fully saturated rings. The predicted octanol–water partition coefficient (Wildman–Crippen LogP) is 3.67. The first-order chi connectivity index (χ1) is 11.5. The van der Waals surface area contributed by atoms with Gasteiger partial charge in [-0.25, -0.2) is 18.4 Å². The highest BCUT2D eigenvalue weighted by molar-refractivity contribution is 6.30. The average molecular weight is 350 g/mol. The molecule has 0 aliphatic carbocycles. The number of ether oxygens (including phenoxy) is 1. The van der Waals surface area contributed by atoms with E-state index >= 15 is 0 Å². The number of aromatic nitrogens is 3. The maximum absolute atomic E-state index is 13.8. The summed E-state index contributed by atoms with van der Waals surface area (Å²) in [6.07, 6.45) is 1.18. The Hall–Kier alpha value is -2.80. The van der Waals surface area contributed by atoms with E-state index in [1.54, 1.807) is 12.1 Å². The number of ketones is 1. The topological polar surface area (TPSA) is 57.0 Å². The van der Waals surface area contributed by atoms with Crippen LogP contribution in [0.5, 0.6) is 5.75 Å². The Morgan fingerprint density at radius 2 is 1.92 bits per heavy atom. The standard InChI is InChI=1S/C16H10ClF2N3O2/c17-11-3-1-10(2-4-11)15(23)16(22-9-20-8-21-22)24-14-6-5-12(18)7-13(14)19/h1-9,16H. The largest absolute Gasteiger partial charge is 0.458 e. The predicted molar refractivity (Wildman–Crippen MR) is 81.8 cm³/mol. The molecule has 5 nitrogen and oxygen atoms in total. The summed E-state index contributed by atoms with van der Waals surface area (Å²) in [6, 6.07) is 8.92. The highest BCUT2D eigenvalue weighted by Crippen LogP contribution is 2.24. The Morgan fingerprint density at radius 3 is 2.54 bits per heavy atom. The van der Waals surface area contributed by atoms with Crippen molar-refractivity contribution in [2.75, 3.05) is 0 Å². The van der Waals surface area contributed by atoms with E-state index in [1.165, 1.54) is 24.8 Å². The Morgan fingerprint density at radius 1 is 1.17 bits per heavy atom. The van der Waals surface area contributed by atoms with Gasteiger partial charge in [-0.05, 0) is 36.4 Å². The number of benzene rings is 2. The van der Waals surface area contributed by atoms with Crippen LogP contribution < -0.4 is 4.74 Å². The van der Waals surface area contributed by atoms with Gasteiger partial charge in [-0.2, -0.15) is 5.10 Å². The number of nitrogens with zero attached hydrogens (tertiary/aromatic N) is 3. The Balaban J connectivity index is 1.95. The van der Waals surface area contributed by atoms with Crippen LogP contribution in [0.1, 0.15) is 16.6 Å². The summed E-state index contributed by atoms with van der Waals surface area (Å²) in [4.78, 5) is 16.4. The molecule has 0 radical (unpaired) electrons. The van der Waals surface area contributed by atoms with Crippen molar-refractivity contribution in [2.24, 2.45) is 0 Å². The second-order valence-corrected chi connectivity index (χ2v) is 5.23. The zero-order valence-corrected chi connectivity index (χ0v) is 12.8. The van der Waals surface area contributed by atoms with Crippen molar-refractivity contribution < 1.29 is 18.3 Å². The third kappa shape index (κ3) is 3.41. The van der Waals surface area contributed by atoms with E-state index in [0.29, 0.717) is 16.7 Å². The molecule has 0 spiro atoms. The van der Waals surface area contributed by atoms with Crippen molar-refractivity contribution in [3.8, 4) is 5.75 Å². The van der Waals surface area contributed by atoms with Crippen LogP contribution in [0.4, 0.5) is 8.78 Å². The van der Waals surface area contributed by atoms with Gasteiger partial charge < -0.3 is 4.74 Å². The molecule has 0 bridgehead atoms. The van der Waals surface area contributed by atoms with Crippen LogP contribution in [0.15, 0.2) is 55.1 Å². The number of carbonyl (C=O) groups is 1. The highest BCUT2D eigenvalue weighted by Gasteiger charge is 2.26. The Labute approximate surface area is 140 Å². The molecular formula is C16H10ClF2N3O2. The van der Waals surface area contributed by atoms with Crippen molar-refractivity contribution in [3.63, 3.8) is 0 Å². The lowest BCUT2D eigenvalue weighted by atomic mass is 10.1. The SMILES string of the molecule is O=C(c1ccc(Cl)cc1)C(Oc1ccc(F)cc1F)n1cncn1. The first-order valence-corrected chi connectivity index (χ1v) is 7.18. The highest BCUT2D eigenvalue weighted by atomic mass is 35.5. The molecule has 8 heteroatoms. The van der Waals surface area contributed by atoms with Crippen molar-refractivity contribution in [1.82, 2.24) is 14.8 Å². The maximum Gasteiger partial charge on any atom is 0.256 e. The summed E-state index contributed by atoms with van der Waals surface area (Å²) in [5, 5.41) is 4.33. The fourth-order valence-electron chi connectivity index (χ4n) is 2.01. The van der Waals surface area contributed by atoms with Gasteiger partial charge >= 0.3 is 0 Å². The summed E-state index contributed by atoms with van der Waals surface area (Å²) in [6.45, 7) is 0. The van der Waals surface area contributed by atoms with Crippen LogP contribution in [0, 0.1) is 11.6 Å². The zero-order chi connectivity index (χ0) is 17.1. The molecule has 122 valence electrons. The molecule has 0 N–H and O–H groups in total. The van der Waals surface area contributed by atoms with Gasteiger partial charge in [-0.3, -0.25) is 4.79 Å². The molecule has 3 aromatic rings. The smallest absolute Gasteiger partial charge is 0.256 e. The minimum atomic E-state index is -1.30. The van der Waals surface area contributed by atoms with Crippen LogP contribution in [0.25, 0.3) is 0 Å². The summed E-state index contributed by atoms with van der Waals surface area (Å²) in [5.74, 6) is -2.44. The van der Waals surface area contributed by atoms with Crippen LogP contribution in [0.2, 0.25) is 5.02 Å². The lowest BCUT2D eigenvalue weighted by molar-refractivity contribution is 0.0607. The average Bonchev–Trinajstić information content (AvgIpc) is 3.08. The summed E-state index contributed by atoms with van der Waals surface area (Å²) >= 11 is 5.81. The third-order valence-corrected chi connectivity index (χ3v) is 3.41. The van der Waals surface area contributed by atoms with Crippen LogP contribution in [0.3, 0.4) is 0 Å². The van der Waals surface area contributed by atoms with E-state index in [-0.39, 0.29) is 5.75 Å². The second kappa shape index (κ2) is 6.76. The molecular weight excluding hydrogens is 340 g/mol. The van der Waals surface area contributed by atoms with E-state index < -0.39 is 23.6 Å². The molecule has 0 aliphatic heterocycles. The number of carbonyl (C=O) groups excluding carboxylic acids is 1. The van der Waals surface area contributed by atoms with Gasteiger partial charge in [-0.15, -0.1) is 0 Å². The van der Waals surface area contributed by atoms with E-state index in [1.807, 2.05) is 0 Å². The molecule has 0 saturated carbocycles. The van der Waals surface area contributed by atoms with Gasteiger partial charge in [0.25, 0.3) is 6.23 Å². The van der Waals surface area contributed by atoms with Gasteiger partial charge in [-0.1, -0.05) is 11.6 Å². The van der Waals surface area contributed by atoms with Gasteiger partial charge in [0, 0.05) is 16.7 Å². The third-order valence-electron chi connectivity index (χ3n) is 3.16. The normalized spacial score (nSPS) is 12.0. The lowest BCUT2D eigenvalue weighted by Crippen LogP contribution is -2.26. The maximum atomic E-state index is 13.8. The van der Waals surface area contributed by atoms with Gasteiger partial charge in [0.2, 0.25) is 5.78 Å². The summed E-state index contributed by atoms with van der Waals surface area (Å²) in [5.41, 5.74) is 0.294. The van der Waals surface area contributed by atoms with Crippen molar-refractivity contribution in [1.29, 1.82) is 0 Å². The first kappa shape index (κ1) is 16.1. The fourth-order valence-corrected chi connectivity index (χ4v) is 2.14. The van der Waals surface area contributed by atoms with Crippen molar-refractivity contribution in [3.05, 3.63) is 77.3 Å². The zero-order valence-electron chi connectivity index (χ0n) is 12.1. The number of Topliss-reactive ketones (excluding diaryl/α,β-unsaturated/α-hetero) is 1. The Bertz CT molecular complexity index is 854. The molecule has 1 unspecified atom stereocenters. The van der Waals surface area contributed by atoms with Gasteiger partial charge in [0.1, 0.15) is 18.5 Å². The van der Waals surface area contributed by atoms with Crippen LogP contribution in [-0.4, -0.2) is 20.5 Å². The van der Waals surface area contributed by atoms with E-state index in [4.69, 9.17) is 16.3 Å². The first-order valence-electron chi connectivity index (χ1n) is 6.80. The molecule has 0 amide bonds. The summed E-state index contributed by atoms with van der Waals surface area (Å²) in [7, 11) is 0. The second-order valence-electron chi connectivity index (χ2n) is 4.79. The minimum Gasteiger partial charge on any atom is -0.458 e. The van der Waals surface area contributed by atoms with Gasteiger partial charge in [0.15, 0.2) is 11.6 Å². The van der Waals surface area contributed by atoms with Crippen molar-refractivity contribution in [2.45, 2.75) is 6.23 Å². The minimum absolute atomic E-state index is 0.279. The van der Waals surface area contributed by atoms with Crippen LogP contribution >= 0.6 is 11.6 Å². The molecule has 1 heterocycles. The molecule has 3 rings (SSSR count). The molecule has 1 atom stereocenters. The number of halogens is 3. The van der Waals surface area contributed by atoms with E-state index in [0.717, 1.165) is 16.8 Å². The molecule has 0 aliphatic rings. The quantitative estimate of drug-likeness (QED) is 0.659. The molecule has 1 aromatic heterocycles. The number of rotatable bonds is 5. The molecule has 2 aromatic carbocycles. The fraction of sp³-hybridized carbons (Fsp3) is 0.0625. The Kier molecular flexibility index (Phi) is 4.52. The van der Waals surface area contributed by atoms with Crippen LogP contribution in [-0.2, 0) is 0 Å². The number of hydrogen-bond donors (Lipinski definition) is 0. The van der Waals surface area contributed by atoms with Gasteiger partial charge in [0.05, 0.1) is 0 Å². The van der Waals surface area contributed by atoms with Crippen molar-refractivity contribution >= 4 is 17.4 Å². The molecule has 24 heavy (non-hydrogen) atoms.